The average Bonchev–Trinajstić information content (AvgIpc) is 1.27. The highest BCUT2D eigenvalue weighted by Gasteiger charge is 2.56. The maximum Gasteiger partial charge on any atom is 0.824 e. The third-order valence-corrected chi connectivity index (χ3v) is 1.30. The smallest absolute Gasteiger partial charge is 0.410 e. The van der Waals surface area contributed by atoms with Crippen LogP contribution >= 0.6 is 0 Å². The molecule has 1 rings (SSSR count). The molecule has 0 aliphatic carbocycles. The van der Waals surface area contributed by atoms with E-state index in [1.807, 2.05) is 0 Å². The molecule has 0 spiro atoms. The fourth-order valence-corrected chi connectivity index (χ4v) is 0.674. The zero-order valence-corrected chi connectivity index (χ0v) is 4.12. The van der Waals surface area contributed by atoms with E-state index in [4.69, 9.17) is 9.59 Å². The molecule has 0 unspecified atom stereocenters. The molecular formula is CH2O5Si. The van der Waals surface area contributed by atoms with E-state index in [1.54, 1.807) is 0 Å². The van der Waals surface area contributed by atoms with Gasteiger partial charge in [-0.25, -0.2) is 4.79 Å². The maximum atomic E-state index is 9.59. The van der Waals surface area contributed by atoms with Crippen molar-refractivity contribution < 1.29 is 23.2 Å². The standard InChI is InChI=1S/CH2O5Si/c2-1-5-7(3,4)6-1/h3-4H. The van der Waals surface area contributed by atoms with Crippen molar-refractivity contribution in [3.8, 4) is 0 Å². The van der Waals surface area contributed by atoms with Gasteiger partial charge in [-0.05, 0) is 0 Å². The van der Waals surface area contributed by atoms with Crippen molar-refractivity contribution in [2.75, 3.05) is 0 Å². The lowest BCUT2D eigenvalue weighted by molar-refractivity contribution is -0.0209. The van der Waals surface area contributed by atoms with Crippen LogP contribution in [0.25, 0.3) is 0 Å². The maximum absolute atomic E-state index is 9.59. The second-order valence-corrected chi connectivity index (χ2v) is 2.51. The Bertz CT molecular complexity index is 96.6. The van der Waals surface area contributed by atoms with Crippen molar-refractivity contribution in [2.24, 2.45) is 0 Å². The number of carbonyl (C=O) groups is 1. The normalized spacial score (nSPS) is 24.6. The van der Waals surface area contributed by atoms with Crippen molar-refractivity contribution in [1.82, 2.24) is 0 Å². The molecule has 1 saturated heterocycles. The molecule has 0 aromatic rings. The van der Waals surface area contributed by atoms with E-state index in [0.717, 1.165) is 0 Å². The monoisotopic (exact) mass is 122 g/mol. The molecule has 0 saturated carbocycles. The van der Waals surface area contributed by atoms with Crippen molar-refractivity contribution in [1.29, 1.82) is 0 Å². The Labute approximate surface area is 39.6 Å². The molecule has 1 aliphatic rings. The zero-order valence-electron chi connectivity index (χ0n) is 3.12. The van der Waals surface area contributed by atoms with Crippen molar-refractivity contribution >= 4 is 15.2 Å². The quantitative estimate of drug-likeness (QED) is 0.385. The summed E-state index contributed by atoms with van der Waals surface area (Å²) in [5.74, 6) is 0. The van der Waals surface area contributed by atoms with Gasteiger partial charge in [0.25, 0.3) is 0 Å². The van der Waals surface area contributed by atoms with Gasteiger partial charge in [-0.15, -0.1) is 0 Å². The van der Waals surface area contributed by atoms with Gasteiger partial charge in [-0.2, -0.15) is 0 Å². The Morgan fingerprint density at radius 1 is 1.43 bits per heavy atom. The minimum Gasteiger partial charge on any atom is -0.410 e. The van der Waals surface area contributed by atoms with Crippen LogP contribution in [-0.4, -0.2) is 24.8 Å². The summed E-state index contributed by atoms with van der Waals surface area (Å²) in [4.78, 5) is 25.8. The second kappa shape index (κ2) is 0.970. The highest BCUT2D eigenvalue weighted by Crippen LogP contribution is 2.11. The highest BCUT2D eigenvalue weighted by atomic mass is 28.4. The number of carbonyl (C=O) groups excluding carboxylic acids is 1. The SMILES string of the molecule is O=C1O[Si](O)(O)O1. The first-order valence-electron chi connectivity index (χ1n) is 1.47. The van der Waals surface area contributed by atoms with E-state index in [0.29, 0.717) is 0 Å². The van der Waals surface area contributed by atoms with Gasteiger partial charge in [0.15, 0.2) is 0 Å². The Balaban J connectivity index is 2.43. The van der Waals surface area contributed by atoms with E-state index in [-0.39, 0.29) is 0 Å². The van der Waals surface area contributed by atoms with Crippen LogP contribution in [0.3, 0.4) is 0 Å². The summed E-state index contributed by atoms with van der Waals surface area (Å²) < 4.78 is 7.43. The van der Waals surface area contributed by atoms with Gasteiger partial charge in [0.05, 0.1) is 0 Å². The topological polar surface area (TPSA) is 76.0 Å². The predicted octanol–water partition coefficient (Wildman–Crippen LogP) is -1.43. The van der Waals surface area contributed by atoms with Crippen LogP contribution in [0.5, 0.6) is 0 Å². The summed E-state index contributed by atoms with van der Waals surface area (Å²) >= 11 is 0. The van der Waals surface area contributed by atoms with Crippen molar-refractivity contribution in [3.63, 3.8) is 0 Å². The minimum absolute atomic E-state index is 1.02. The molecule has 1 aliphatic heterocycles. The summed E-state index contributed by atoms with van der Waals surface area (Å²) in [6.45, 7) is 0. The summed E-state index contributed by atoms with van der Waals surface area (Å²) in [5.41, 5.74) is 0. The molecule has 1 fully saturated rings. The third-order valence-electron chi connectivity index (χ3n) is 0.433. The molecule has 5 nitrogen and oxygen atoms in total. The van der Waals surface area contributed by atoms with E-state index >= 15 is 0 Å². The Kier molecular flexibility index (Phi) is 0.632. The molecule has 2 N–H and O–H groups in total. The molecule has 0 aromatic heterocycles. The average molecular weight is 122 g/mol. The largest absolute Gasteiger partial charge is 0.824 e. The fraction of sp³-hybridized carbons (Fsp3) is 0. The van der Waals surface area contributed by atoms with E-state index < -0.39 is 15.2 Å². The second-order valence-electron chi connectivity index (χ2n) is 1.00. The first-order valence-corrected chi connectivity index (χ1v) is 3.18. The molecule has 0 atom stereocenters. The van der Waals surface area contributed by atoms with E-state index in [1.165, 1.54) is 0 Å². The molecule has 0 radical (unpaired) electrons. The van der Waals surface area contributed by atoms with Gasteiger partial charge < -0.3 is 18.4 Å². The highest BCUT2D eigenvalue weighted by molar-refractivity contribution is 6.58. The lowest BCUT2D eigenvalue weighted by Crippen LogP contribution is -2.56. The summed E-state index contributed by atoms with van der Waals surface area (Å²) in [7, 11) is -3.86. The van der Waals surface area contributed by atoms with Crippen LogP contribution in [0.2, 0.25) is 0 Å². The Morgan fingerprint density at radius 3 is 1.86 bits per heavy atom. The summed E-state index contributed by atoms with van der Waals surface area (Å²) in [6.07, 6.45) is -1.02. The summed E-state index contributed by atoms with van der Waals surface area (Å²) in [6, 6.07) is 0. The van der Waals surface area contributed by atoms with Crippen LogP contribution in [-0.2, 0) is 8.85 Å². The molecule has 0 amide bonds. The fourth-order valence-electron chi connectivity index (χ4n) is 0.225. The first kappa shape index (κ1) is 4.56. The van der Waals surface area contributed by atoms with Crippen LogP contribution in [0.4, 0.5) is 4.79 Å². The van der Waals surface area contributed by atoms with Gasteiger partial charge in [0.2, 0.25) is 0 Å². The van der Waals surface area contributed by atoms with Gasteiger partial charge in [0.1, 0.15) is 0 Å². The predicted molar refractivity (Wildman–Crippen MR) is 17.8 cm³/mol. The van der Waals surface area contributed by atoms with Gasteiger partial charge >= 0.3 is 15.2 Å². The number of hydrogen-bond donors (Lipinski definition) is 2. The summed E-state index contributed by atoms with van der Waals surface area (Å²) in [5, 5.41) is 0. The van der Waals surface area contributed by atoms with Gasteiger partial charge in [-0.3, -0.25) is 0 Å². The zero-order chi connectivity index (χ0) is 5.49. The lowest BCUT2D eigenvalue weighted by atomic mass is 11.4. The van der Waals surface area contributed by atoms with Crippen LogP contribution in [0, 0.1) is 0 Å². The van der Waals surface area contributed by atoms with E-state index in [2.05, 4.69) is 8.85 Å². The molecular weight excluding hydrogens is 120 g/mol. The van der Waals surface area contributed by atoms with E-state index in [9.17, 15) is 4.79 Å². The van der Waals surface area contributed by atoms with Crippen LogP contribution in [0.1, 0.15) is 0 Å². The van der Waals surface area contributed by atoms with Crippen LogP contribution in [0.15, 0.2) is 0 Å². The van der Waals surface area contributed by atoms with Crippen molar-refractivity contribution in [2.45, 2.75) is 0 Å². The molecule has 7 heavy (non-hydrogen) atoms. The number of hydrogen-bond acceptors (Lipinski definition) is 5. The lowest BCUT2D eigenvalue weighted by Gasteiger charge is -2.23. The third kappa shape index (κ3) is 0.709. The minimum atomic E-state index is -3.86. The molecule has 0 bridgehead atoms. The molecule has 6 heteroatoms. The molecule has 40 valence electrons. The first-order chi connectivity index (χ1) is 3.10. The Morgan fingerprint density at radius 2 is 1.86 bits per heavy atom. The van der Waals surface area contributed by atoms with Gasteiger partial charge in [-0.1, -0.05) is 0 Å². The molecule has 1 heterocycles. The van der Waals surface area contributed by atoms with Crippen molar-refractivity contribution in [3.05, 3.63) is 0 Å². The van der Waals surface area contributed by atoms with Gasteiger partial charge in [0, 0.05) is 0 Å². The number of rotatable bonds is 0. The van der Waals surface area contributed by atoms with Crippen LogP contribution < -0.4 is 0 Å². The molecule has 0 aromatic carbocycles. The Hall–Kier alpha value is -0.593.